The first-order chi connectivity index (χ1) is 14.4. The normalized spacial score (nSPS) is 14.2. The summed E-state index contributed by atoms with van der Waals surface area (Å²) in [6.07, 6.45) is 4.39. The Kier molecular flexibility index (Phi) is 7.82. The lowest BCUT2D eigenvalue weighted by atomic mass is 10.1. The third-order valence-corrected chi connectivity index (χ3v) is 5.90. The maximum atomic E-state index is 13.4. The third kappa shape index (κ3) is 6.03. The van der Waals surface area contributed by atoms with E-state index in [1.165, 1.54) is 17.0 Å². The highest BCUT2D eigenvalue weighted by atomic mass is 35.5. The molecule has 3 rings (SSSR count). The molecule has 0 spiro atoms. The molecule has 0 saturated heterocycles. The van der Waals surface area contributed by atoms with Gasteiger partial charge in [-0.1, -0.05) is 42.6 Å². The molecule has 0 aliphatic heterocycles. The predicted octanol–water partition coefficient (Wildman–Crippen LogP) is 4.13. The Morgan fingerprint density at radius 2 is 1.73 bits per heavy atom. The van der Waals surface area contributed by atoms with Crippen molar-refractivity contribution in [2.45, 2.75) is 44.7 Å². The Bertz CT molecular complexity index is 869. The van der Waals surface area contributed by atoms with Gasteiger partial charge in [0.2, 0.25) is 11.8 Å². The van der Waals surface area contributed by atoms with Gasteiger partial charge in [0.05, 0.1) is 6.54 Å². The zero-order valence-electron chi connectivity index (χ0n) is 16.9. The largest absolute Gasteiger partial charge is 0.370 e. The number of benzene rings is 2. The number of amides is 2. The Labute approximate surface area is 181 Å². The van der Waals surface area contributed by atoms with Crippen molar-refractivity contribution in [1.29, 1.82) is 0 Å². The zero-order chi connectivity index (χ0) is 21.5. The lowest BCUT2D eigenvalue weighted by Crippen LogP contribution is -2.44. The molecule has 0 heterocycles. The second-order valence-electron chi connectivity index (χ2n) is 7.67. The highest BCUT2D eigenvalue weighted by Gasteiger charge is 2.27. The predicted molar refractivity (Wildman–Crippen MR) is 117 cm³/mol. The minimum atomic E-state index is -0.487. The van der Waals surface area contributed by atoms with E-state index in [-0.39, 0.29) is 31.2 Å². The molecule has 0 aromatic heterocycles. The summed E-state index contributed by atoms with van der Waals surface area (Å²) < 4.78 is 13.4. The fourth-order valence-corrected chi connectivity index (χ4v) is 4.12. The van der Waals surface area contributed by atoms with Gasteiger partial charge in [-0.2, -0.15) is 0 Å². The van der Waals surface area contributed by atoms with Crippen molar-refractivity contribution in [2.75, 3.05) is 18.0 Å². The lowest BCUT2D eigenvalue weighted by molar-refractivity contribution is -0.120. The average Bonchev–Trinajstić information content (AvgIpc) is 3.25. The quantitative estimate of drug-likeness (QED) is 0.649. The second-order valence-corrected chi connectivity index (χ2v) is 8.08. The van der Waals surface area contributed by atoms with E-state index >= 15 is 0 Å². The Morgan fingerprint density at radius 1 is 1.07 bits per heavy atom. The number of halogens is 2. The SMILES string of the molecule is NC(=O)CCN(C(=O)CN(Cc1ccccc1Cl)C1CCCC1)c1ccc(F)cc1. The number of anilines is 1. The molecule has 0 radical (unpaired) electrons. The molecule has 1 saturated carbocycles. The molecule has 0 atom stereocenters. The molecule has 0 bridgehead atoms. The van der Waals surface area contributed by atoms with Crippen LogP contribution in [0.25, 0.3) is 0 Å². The number of nitrogens with two attached hydrogens (primary N) is 1. The van der Waals surface area contributed by atoms with Gasteiger partial charge in [-0.25, -0.2) is 4.39 Å². The molecule has 0 unspecified atom stereocenters. The van der Waals surface area contributed by atoms with Crippen molar-refractivity contribution < 1.29 is 14.0 Å². The molecule has 160 valence electrons. The van der Waals surface area contributed by atoms with E-state index in [1.54, 1.807) is 12.1 Å². The van der Waals surface area contributed by atoms with E-state index in [2.05, 4.69) is 4.90 Å². The molecule has 1 aliphatic carbocycles. The van der Waals surface area contributed by atoms with Gasteiger partial charge < -0.3 is 10.6 Å². The molecule has 7 heteroatoms. The van der Waals surface area contributed by atoms with E-state index in [0.29, 0.717) is 23.3 Å². The molecule has 1 fully saturated rings. The standard InChI is InChI=1S/C23H27ClFN3O2/c24-21-8-4-1-5-17(21)15-27(19-6-2-3-7-19)16-23(30)28(14-13-22(26)29)20-11-9-18(25)10-12-20/h1,4-5,8-12,19H,2-3,6-7,13-16H2,(H2,26,29). The van der Waals surface area contributed by atoms with Crippen molar-refractivity contribution in [1.82, 2.24) is 4.90 Å². The fourth-order valence-electron chi connectivity index (χ4n) is 3.93. The molecule has 1 aliphatic rings. The van der Waals surface area contributed by atoms with Crippen molar-refractivity contribution in [2.24, 2.45) is 5.73 Å². The summed E-state index contributed by atoms with van der Waals surface area (Å²) >= 11 is 6.36. The second kappa shape index (κ2) is 10.5. The Balaban J connectivity index is 1.80. The van der Waals surface area contributed by atoms with E-state index in [4.69, 9.17) is 17.3 Å². The average molecular weight is 432 g/mol. The molecular weight excluding hydrogens is 405 g/mol. The van der Waals surface area contributed by atoms with Crippen molar-refractivity contribution in [3.05, 3.63) is 64.9 Å². The molecule has 2 amide bonds. The van der Waals surface area contributed by atoms with Crippen molar-refractivity contribution >= 4 is 29.1 Å². The number of hydrogen-bond donors (Lipinski definition) is 1. The minimum absolute atomic E-state index is 0.0387. The monoisotopic (exact) mass is 431 g/mol. The van der Waals surface area contributed by atoms with Gasteiger partial charge in [0.15, 0.2) is 0 Å². The van der Waals surface area contributed by atoms with E-state index in [9.17, 15) is 14.0 Å². The summed E-state index contributed by atoms with van der Waals surface area (Å²) in [4.78, 5) is 28.3. The summed E-state index contributed by atoms with van der Waals surface area (Å²) in [6, 6.07) is 13.6. The van der Waals surface area contributed by atoms with Crippen molar-refractivity contribution in [3.63, 3.8) is 0 Å². The summed E-state index contributed by atoms with van der Waals surface area (Å²) in [5.74, 6) is -1.02. The van der Waals surface area contributed by atoms with E-state index < -0.39 is 5.91 Å². The number of hydrogen-bond acceptors (Lipinski definition) is 3. The van der Waals surface area contributed by atoms with Crippen LogP contribution in [0.1, 0.15) is 37.7 Å². The molecule has 2 N–H and O–H groups in total. The number of nitrogens with zero attached hydrogens (tertiary/aromatic N) is 2. The maximum absolute atomic E-state index is 13.4. The summed E-state index contributed by atoms with van der Waals surface area (Å²) in [5, 5.41) is 0.678. The number of carbonyl (C=O) groups is 2. The summed E-state index contributed by atoms with van der Waals surface area (Å²) in [6.45, 7) is 0.916. The summed E-state index contributed by atoms with van der Waals surface area (Å²) in [5.41, 5.74) is 6.82. The first-order valence-electron chi connectivity index (χ1n) is 10.3. The number of carbonyl (C=O) groups excluding carboxylic acids is 2. The van der Waals surface area contributed by atoms with Gasteiger partial charge in [0.1, 0.15) is 5.82 Å². The molecular formula is C23H27ClFN3O2. The van der Waals surface area contributed by atoms with Gasteiger partial charge in [0, 0.05) is 36.3 Å². The van der Waals surface area contributed by atoms with Crippen LogP contribution in [0.15, 0.2) is 48.5 Å². The van der Waals surface area contributed by atoms with Gasteiger partial charge >= 0.3 is 0 Å². The first kappa shape index (κ1) is 22.2. The molecule has 2 aromatic rings. The molecule has 5 nitrogen and oxygen atoms in total. The van der Waals surface area contributed by atoms with Crippen LogP contribution in [0.4, 0.5) is 10.1 Å². The fraction of sp³-hybridized carbons (Fsp3) is 0.391. The van der Waals surface area contributed by atoms with Crippen LogP contribution in [0.2, 0.25) is 5.02 Å². The zero-order valence-corrected chi connectivity index (χ0v) is 17.7. The maximum Gasteiger partial charge on any atom is 0.241 e. The van der Waals surface area contributed by atoms with Gasteiger partial charge in [-0.3, -0.25) is 14.5 Å². The van der Waals surface area contributed by atoms with Crippen LogP contribution in [-0.2, 0) is 16.1 Å². The van der Waals surface area contributed by atoms with Gasteiger partial charge in [-0.05, 0) is 48.7 Å². The van der Waals surface area contributed by atoms with Gasteiger partial charge in [0.25, 0.3) is 0 Å². The topological polar surface area (TPSA) is 66.6 Å². The number of rotatable bonds is 9. The van der Waals surface area contributed by atoms with Crippen LogP contribution in [0.5, 0.6) is 0 Å². The highest BCUT2D eigenvalue weighted by molar-refractivity contribution is 6.31. The van der Waals surface area contributed by atoms with Crippen LogP contribution in [0.3, 0.4) is 0 Å². The Morgan fingerprint density at radius 3 is 2.37 bits per heavy atom. The van der Waals surface area contributed by atoms with Crippen LogP contribution in [-0.4, -0.2) is 35.8 Å². The highest BCUT2D eigenvalue weighted by Crippen LogP contribution is 2.27. The minimum Gasteiger partial charge on any atom is -0.370 e. The third-order valence-electron chi connectivity index (χ3n) is 5.53. The van der Waals surface area contributed by atoms with Gasteiger partial charge in [-0.15, -0.1) is 0 Å². The molecule has 30 heavy (non-hydrogen) atoms. The van der Waals surface area contributed by atoms with Crippen LogP contribution in [0, 0.1) is 5.82 Å². The first-order valence-corrected chi connectivity index (χ1v) is 10.6. The van der Waals surface area contributed by atoms with Crippen LogP contribution >= 0.6 is 11.6 Å². The Hall–Kier alpha value is -2.44. The smallest absolute Gasteiger partial charge is 0.241 e. The molecule has 2 aromatic carbocycles. The summed E-state index contributed by atoms with van der Waals surface area (Å²) in [7, 11) is 0. The van der Waals surface area contributed by atoms with Crippen LogP contribution < -0.4 is 10.6 Å². The van der Waals surface area contributed by atoms with Crippen molar-refractivity contribution in [3.8, 4) is 0 Å². The number of primary amides is 1. The van der Waals surface area contributed by atoms with E-state index in [1.807, 2.05) is 24.3 Å². The lowest BCUT2D eigenvalue weighted by Gasteiger charge is -2.31. The van der Waals surface area contributed by atoms with E-state index in [0.717, 1.165) is 31.2 Å².